The van der Waals surface area contributed by atoms with Crippen LogP contribution in [0.25, 0.3) is 0 Å². The van der Waals surface area contributed by atoms with E-state index in [4.69, 9.17) is 0 Å². The Morgan fingerprint density at radius 3 is 2.67 bits per heavy atom. The van der Waals surface area contributed by atoms with E-state index in [1.807, 2.05) is 0 Å². The molecule has 12 heavy (non-hydrogen) atoms. The van der Waals surface area contributed by atoms with Crippen molar-refractivity contribution >= 4 is 38.1 Å². The first-order chi connectivity index (χ1) is 5.65. The van der Waals surface area contributed by atoms with Crippen molar-refractivity contribution < 1.29 is 5.11 Å². The van der Waals surface area contributed by atoms with Crippen molar-refractivity contribution in [2.24, 2.45) is 4.99 Å². The summed E-state index contributed by atoms with van der Waals surface area (Å²) in [6.45, 7) is 0. The van der Waals surface area contributed by atoms with Gasteiger partial charge in [-0.15, -0.1) is 0 Å². The van der Waals surface area contributed by atoms with Crippen molar-refractivity contribution in [1.29, 1.82) is 0 Å². The van der Waals surface area contributed by atoms with Crippen LogP contribution in [0.1, 0.15) is 5.56 Å². The predicted octanol–water partition coefficient (Wildman–Crippen LogP) is 2.97. The second kappa shape index (κ2) is 4.05. The molecule has 0 heterocycles. The molecule has 2 nitrogen and oxygen atoms in total. The van der Waals surface area contributed by atoms with Crippen LogP contribution in [-0.2, 0) is 0 Å². The first-order valence-electron chi connectivity index (χ1n) is 3.25. The summed E-state index contributed by atoms with van der Waals surface area (Å²) in [6.07, 6.45) is 1.60. The molecule has 0 amide bonds. The second-order valence-electron chi connectivity index (χ2n) is 2.21. The molecule has 1 aromatic rings. The van der Waals surface area contributed by atoms with Gasteiger partial charge in [-0.2, -0.15) is 0 Å². The summed E-state index contributed by atoms with van der Waals surface area (Å²) in [4.78, 5) is 3.82. The number of rotatable bonds is 1. The van der Waals surface area contributed by atoms with Gasteiger partial charge in [0, 0.05) is 23.3 Å². The molecule has 0 aliphatic carbocycles. The first-order valence-corrected chi connectivity index (χ1v) is 4.84. The third-order valence-electron chi connectivity index (χ3n) is 1.33. The fourth-order valence-corrected chi connectivity index (χ4v) is 2.08. The molecule has 0 spiro atoms. The number of nitrogens with zero attached hydrogens (tertiary/aromatic N) is 1. The standard InChI is InChI=1S/C8H7Br2NO/c1-11-4-5-2-6(9)3-7(10)8(5)12/h2-4,12H,1H3. The monoisotopic (exact) mass is 291 g/mol. The van der Waals surface area contributed by atoms with Gasteiger partial charge >= 0.3 is 0 Å². The lowest BCUT2D eigenvalue weighted by atomic mass is 10.2. The van der Waals surface area contributed by atoms with Crippen LogP contribution >= 0.6 is 31.9 Å². The van der Waals surface area contributed by atoms with Crippen molar-refractivity contribution in [3.63, 3.8) is 0 Å². The van der Waals surface area contributed by atoms with Gasteiger partial charge in [0.25, 0.3) is 0 Å². The summed E-state index contributed by atoms with van der Waals surface area (Å²) >= 11 is 6.54. The number of phenolic OH excluding ortho intramolecular Hbond substituents is 1. The Balaban J connectivity index is 3.27. The maximum absolute atomic E-state index is 9.49. The van der Waals surface area contributed by atoms with Crippen molar-refractivity contribution in [2.75, 3.05) is 7.05 Å². The van der Waals surface area contributed by atoms with Crippen LogP contribution in [0.5, 0.6) is 5.75 Å². The minimum absolute atomic E-state index is 0.212. The highest BCUT2D eigenvalue weighted by Crippen LogP contribution is 2.30. The molecular formula is C8H7Br2NO. The summed E-state index contributed by atoms with van der Waals surface area (Å²) in [5, 5.41) is 9.49. The van der Waals surface area contributed by atoms with Gasteiger partial charge in [-0.05, 0) is 28.1 Å². The fourth-order valence-electron chi connectivity index (χ4n) is 0.823. The molecule has 0 aliphatic heterocycles. The zero-order chi connectivity index (χ0) is 9.14. The smallest absolute Gasteiger partial charge is 0.138 e. The Bertz CT molecular complexity index is 323. The molecule has 1 N–H and O–H groups in total. The molecule has 0 aromatic heterocycles. The van der Waals surface area contributed by atoms with Gasteiger partial charge in [0.15, 0.2) is 0 Å². The number of aromatic hydroxyl groups is 1. The van der Waals surface area contributed by atoms with E-state index in [1.165, 1.54) is 0 Å². The third kappa shape index (κ3) is 2.08. The lowest BCUT2D eigenvalue weighted by Gasteiger charge is -2.01. The Labute approximate surface area is 87.6 Å². The number of aliphatic imine (C=N–C) groups is 1. The number of phenols is 1. The van der Waals surface area contributed by atoms with Crippen LogP contribution in [-0.4, -0.2) is 18.4 Å². The zero-order valence-electron chi connectivity index (χ0n) is 6.38. The van der Waals surface area contributed by atoms with E-state index in [1.54, 1.807) is 25.4 Å². The van der Waals surface area contributed by atoms with Crippen molar-refractivity contribution in [1.82, 2.24) is 0 Å². The van der Waals surface area contributed by atoms with Crippen LogP contribution in [0.3, 0.4) is 0 Å². The van der Waals surface area contributed by atoms with Gasteiger partial charge in [-0.25, -0.2) is 0 Å². The van der Waals surface area contributed by atoms with E-state index in [9.17, 15) is 5.11 Å². The van der Waals surface area contributed by atoms with E-state index >= 15 is 0 Å². The zero-order valence-corrected chi connectivity index (χ0v) is 9.55. The van der Waals surface area contributed by atoms with Gasteiger partial charge in [-0.1, -0.05) is 15.9 Å². The molecule has 4 heteroatoms. The molecule has 0 bridgehead atoms. The van der Waals surface area contributed by atoms with Crippen molar-refractivity contribution in [3.05, 3.63) is 26.6 Å². The summed E-state index contributed by atoms with van der Waals surface area (Å²) in [5.74, 6) is 0.212. The van der Waals surface area contributed by atoms with Gasteiger partial charge in [0.05, 0.1) is 4.47 Å². The number of benzene rings is 1. The molecule has 0 saturated carbocycles. The molecule has 1 rings (SSSR count). The number of halogens is 2. The van der Waals surface area contributed by atoms with E-state index in [0.29, 0.717) is 10.0 Å². The topological polar surface area (TPSA) is 32.6 Å². The fraction of sp³-hybridized carbons (Fsp3) is 0.125. The molecular weight excluding hydrogens is 286 g/mol. The average molecular weight is 293 g/mol. The van der Waals surface area contributed by atoms with Gasteiger partial charge < -0.3 is 5.11 Å². The quantitative estimate of drug-likeness (QED) is 0.793. The molecule has 0 unspecified atom stereocenters. The molecule has 0 radical (unpaired) electrons. The Morgan fingerprint density at radius 2 is 2.08 bits per heavy atom. The SMILES string of the molecule is CN=Cc1cc(Br)cc(Br)c1O. The average Bonchev–Trinajstić information content (AvgIpc) is 2.00. The molecule has 0 aliphatic rings. The lowest BCUT2D eigenvalue weighted by molar-refractivity contribution is 0.471. The molecule has 64 valence electrons. The normalized spacial score (nSPS) is 10.9. The molecule has 0 atom stereocenters. The highest BCUT2D eigenvalue weighted by atomic mass is 79.9. The van der Waals surface area contributed by atoms with Crippen LogP contribution in [0, 0.1) is 0 Å². The van der Waals surface area contributed by atoms with Crippen LogP contribution in [0.4, 0.5) is 0 Å². The van der Waals surface area contributed by atoms with Crippen LogP contribution in [0.15, 0.2) is 26.1 Å². The molecule has 0 fully saturated rings. The Hall–Kier alpha value is -0.350. The van der Waals surface area contributed by atoms with E-state index in [2.05, 4.69) is 36.9 Å². The van der Waals surface area contributed by atoms with Crippen molar-refractivity contribution in [2.45, 2.75) is 0 Å². The van der Waals surface area contributed by atoms with Crippen LogP contribution < -0.4 is 0 Å². The van der Waals surface area contributed by atoms with Crippen molar-refractivity contribution in [3.8, 4) is 5.75 Å². The van der Waals surface area contributed by atoms with Gasteiger partial charge in [0.2, 0.25) is 0 Å². The second-order valence-corrected chi connectivity index (χ2v) is 3.98. The Morgan fingerprint density at radius 1 is 1.42 bits per heavy atom. The van der Waals surface area contributed by atoms with E-state index in [-0.39, 0.29) is 5.75 Å². The number of hydrogen-bond donors (Lipinski definition) is 1. The van der Waals surface area contributed by atoms with Crippen LogP contribution in [0.2, 0.25) is 0 Å². The summed E-state index contributed by atoms with van der Waals surface area (Å²) < 4.78 is 1.56. The van der Waals surface area contributed by atoms with E-state index < -0.39 is 0 Å². The summed E-state index contributed by atoms with van der Waals surface area (Å²) in [5.41, 5.74) is 0.693. The predicted molar refractivity (Wildman–Crippen MR) is 57.0 cm³/mol. The highest BCUT2D eigenvalue weighted by molar-refractivity contribution is 9.11. The first kappa shape index (κ1) is 9.74. The third-order valence-corrected chi connectivity index (χ3v) is 2.39. The summed E-state index contributed by atoms with van der Waals surface area (Å²) in [7, 11) is 1.66. The lowest BCUT2D eigenvalue weighted by Crippen LogP contribution is -1.83. The van der Waals surface area contributed by atoms with Gasteiger partial charge in [0.1, 0.15) is 5.75 Å². The van der Waals surface area contributed by atoms with E-state index in [0.717, 1.165) is 4.47 Å². The number of hydrogen-bond acceptors (Lipinski definition) is 2. The summed E-state index contributed by atoms with van der Waals surface area (Å²) in [6, 6.07) is 3.58. The largest absolute Gasteiger partial charge is 0.506 e. The maximum Gasteiger partial charge on any atom is 0.138 e. The minimum Gasteiger partial charge on any atom is -0.506 e. The minimum atomic E-state index is 0.212. The van der Waals surface area contributed by atoms with Gasteiger partial charge in [-0.3, -0.25) is 4.99 Å². The Kier molecular flexibility index (Phi) is 3.29. The molecule has 1 aromatic carbocycles. The molecule has 0 saturated heterocycles. The maximum atomic E-state index is 9.49. The highest BCUT2D eigenvalue weighted by Gasteiger charge is 2.04.